The van der Waals surface area contributed by atoms with E-state index in [0.29, 0.717) is 36.0 Å². The molecule has 5 heterocycles. The Hall–Kier alpha value is -7.44. The molecule has 2 N–H and O–H groups in total. The molecule has 3 aliphatic rings. The number of rotatable bonds is 16. The number of benzene rings is 4. The third kappa shape index (κ3) is 11.0. The minimum atomic E-state index is -0.898. The number of aryl methyl sites for hydroxylation is 2. The molecule has 18 nitrogen and oxygen atoms in total. The van der Waals surface area contributed by atoms with Gasteiger partial charge in [0.25, 0.3) is 23.6 Å². The molecule has 6 aromatic rings. The molecule has 1 fully saturated rings. The van der Waals surface area contributed by atoms with Crippen LogP contribution in [0.3, 0.4) is 0 Å². The van der Waals surface area contributed by atoms with Gasteiger partial charge in [0.1, 0.15) is 49.5 Å². The molecule has 3 aliphatic heterocycles. The molecule has 0 saturated carbocycles. The van der Waals surface area contributed by atoms with Crippen molar-refractivity contribution >= 4 is 35.0 Å². The van der Waals surface area contributed by atoms with Gasteiger partial charge in [-0.1, -0.05) is 72.8 Å². The van der Waals surface area contributed by atoms with Gasteiger partial charge in [0.15, 0.2) is 0 Å². The van der Waals surface area contributed by atoms with Gasteiger partial charge < -0.3 is 39.7 Å². The number of likely N-dealkylation sites (N-methyl/N-ethyl adjacent to an activating group) is 2. The van der Waals surface area contributed by atoms with Crippen LogP contribution < -0.4 is 29.9 Å². The van der Waals surface area contributed by atoms with Gasteiger partial charge in [-0.3, -0.25) is 19.2 Å². The Balaban J connectivity index is 0.684. The highest BCUT2D eigenvalue weighted by molar-refractivity contribution is 6.03. The van der Waals surface area contributed by atoms with Crippen molar-refractivity contribution in [2.24, 2.45) is 0 Å². The van der Waals surface area contributed by atoms with E-state index in [2.05, 4.69) is 40.6 Å². The number of fused-ring (bicyclic) bond motifs is 2. The van der Waals surface area contributed by atoms with Crippen LogP contribution in [0.25, 0.3) is 0 Å². The van der Waals surface area contributed by atoms with Crippen molar-refractivity contribution in [1.82, 2.24) is 50.0 Å². The summed E-state index contributed by atoms with van der Waals surface area (Å²) in [6.45, 7) is 6.88. The van der Waals surface area contributed by atoms with E-state index in [-0.39, 0.29) is 36.7 Å². The highest BCUT2D eigenvalue weighted by atomic mass is 16.5. The Morgan fingerprint density at radius 2 is 0.985 bits per heavy atom. The Kier molecular flexibility index (Phi) is 14.1. The standard InChI is InChI=1S/C50H56N12O6/c1-57-41-27-35(17-19-43(41)67-31-39(49(57)65)53-47(63)45-51-33-61(55-45)29-37-11-5-3-6-12-37)15-9-21-59-23-25-60(26-24-59)22-10-16-36-18-20-44-42(28-36)58(2)50(66)40(32-68-44)54-48(64)46-52-34-62(56-46)30-38-13-7-4-8-14-38/h3-8,11-14,17-20,27-28,33-34,39-40H,9-10,15-16,21-26,29-32H2,1-2H3,(H,53,63)(H,54,64)/t39-,40-/m0/s1. The minimum Gasteiger partial charge on any atom is -0.489 e. The Bertz CT molecular complexity index is 2530. The van der Waals surface area contributed by atoms with Gasteiger partial charge in [-0.05, 0) is 85.3 Å². The third-order valence-corrected chi connectivity index (χ3v) is 12.6. The average Bonchev–Trinajstić information content (AvgIpc) is 4.00. The molecule has 0 bridgehead atoms. The zero-order valence-electron chi connectivity index (χ0n) is 38.4. The number of carbonyl (C=O) groups excluding carboxylic acids is 4. The Labute approximate surface area is 394 Å². The van der Waals surface area contributed by atoms with Crippen LogP contribution in [0.2, 0.25) is 0 Å². The zero-order chi connectivity index (χ0) is 47.0. The second-order valence-corrected chi connectivity index (χ2v) is 17.5. The lowest BCUT2D eigenvalue weighted by Crippen LogP contribution is -2.49. The summed E-state index contributed by atoms with van der Waals surface area (Å²) in [7, 11) is 3.41. The first kappa shape index (κ1) is 45.7. The topological polar surface area (TPSA) is 185 Å². The SMILES string of the molecule is CN1C(=O)[C@@H](NC(=O)c2ncn(Cc3ccccc3)n2)COc2ccc(CCCN3CCN(CCCc4ccc5c(c4)N(C)C(=O)[C@@H](NC(=O)c4ncn(Cc6ccccc6)n4)CO5)CC3)cc21. The number of piperazine rings is 1. The van der Waals surface area contributed by atoms with Crippen LogP contribution in [0.4, 0.5) is 11.4 Å². The fourth-order valence-electron chi connectivity index (χ4n) is 8.79. The molecular formula is C50H56N12O6. The van der Waals surface area contributed by atoms with Gasteiger partial charge in [0.2, 0.25) is 11.6 Å². The van der Waals surface area contributed by atoms with Crippen LogP contribution in [0.1, 0.15) is 56.3 Å². The number of nitrogens with one attached hydrogen (secondary N) is 2. The molecule has 0 unspecified atom stereocenters. The van der Waals surface area contributed by atoms with E-state index in [0.717, 1.165) is 87.2 Å². The predicted molar refractivity (Wildman–Crippen MR) is 254 cm³/mol. The number of ether oxygens (including phenoxy) is 2. The first-order valence-electron chi connectivity index (χ1n) is 23.1. The normalized spacial score (nSPS) is 17.6. The summed E-state index contributed by atoms with van der Waals surface area (Å²) >= 11 is 0. The zero-order valence-corrected chi connectivity index (χ0v) is 38.4. The number of carbonyl (C=O) groups is 4. The monoisotopic (exact) mass is 920 g/mol. The maximum absolute atomic E-state index is 13.6. The van der Waals surface area contributed by atoms with E-state index in [1.54, 1.807) is 33.3 Å². The van der Waals surface area contributed by atoms with Gasteiger partial charge in [-0.25, -0.2) is 19.3 Å². The summed E-state index contributed by atoms with van der Waals surface area (Å²) in [5.41, 5.74) is 5.65. The Morgan fingerprint density at radius 1 is 0.574 bits per heavy atom. The number of hydrogen-bond acceptors (Lipinski definition) is 12. The molecular weight excluding hydrogens is 865 g/mol. The van der Waals surface area contributed by atoms with Crippen LogP contribution in [0.15, 0.2) is 110 Å². The third-order valence-electron chi connectivity index (χ3n) is 12.6. The lowest BCUT2D eigenvalue weighted by atomic mass is 10.1. The first-order chi connectivity index (χ1) is 33.1. The van der Waals surface area contributed by atoms with Crippen molar-refractivity contribution in [3.8, 4) is 11.5 Å². The number of aromatic nitrogens is 6. The van der Waals surface area contributed by atoms with Crippen molar-refractivity contribution < 1.29 is 28.7 Å². The largest absolute Gasteiger partial charge is 0.489 e. The van der Waals surface area contributed by atoms with Crippen LogP contribution in [0, 0.1) is 0 Å². The van der Waals surface area contributed by atoms with Gasteiger partial charge in [-0.2, -0.15) is 0 Å². The summed E-state index contributed by atoms with van der Waals surface area (Å²) in [5.74, 6) is -0.459. The second kappa shape index (κ2) is 21.0. The molecule has 68 heavy (non-hydrogen) atoms. The number of amides is 4. The summed E-state index contributed by atoms with van der Waals surface area (Å²) in [4.78, 5) is 69.7. The average molecular weight is 921 g/mol. The van der Waals surface area contributed by atoms with Crippen molar-refractivity contribution in [1.29, 1.82) is 0 Å². The molecule has 4 aromatic carbocycles. The number of nitrogens with zero attached hydrogens (tertiary/aromatic N) is 10. The quantitative estimate of drug-likeness (QED) is 0.144. The molecule has 4 amide bonds. The highest BCUT2D eigenvalue weighted by Crippen LogP contribution is 2.33. The van der Waals surface area contributed by atoms with Crippen molar-refractivity contribution in [3.63, 3.8) is 0 Å². The van der Waals surface area contributed by atoms with Crippen molar-refractivity contribution in [2.75, 3.05) is 76.4 Å². The van der Waals surface area contributed by atoms with Crippen LogP contribution in [-0.4, -0.2) is 142 Å². The van der Waals surface area contributed by atoms with E-state index in [1.165, 1.54) is 12.7 Å². The lowest BCUT2D eigenvalue weighted by Gasteiger charge is -2.34. The summed E-state index contributed by atoms with van der Waals surface area (Å²) in [6, 6.07) is 29.7. The number of anilines is 2. The van der Waals surface area contributed by atoms with Crippen LogP contribution in [0.5, 0.6) is 11.5 Å². The van der Waals surface area contributed by atoms with Crippen LogP contribution in [-0.2, 0) is 35.5 Å². The molecule has 18 heteroatoms. The molecule has 0 spiro atoms. The first-order valence-corrected chi connectivity index (χ1v) is 23.1. The molecule has 2 aromatic heterocycles. The number of hydrogen-bond donors (Lipinski definition) is 2. The van der Waals surface area contributed by atoms with Gasteiger partial charge in [0.05, 0.1) is 24.5 Å². The summed E-state index contributed by atoms with van der Waals surface area (Å²) in [5, 5.41) is 14.2. The van der Waals surface area contributed by atoms with Gasteiger partial charge in [-0.15, -0.1) is 10.2 Å². The molecule has 1 saturated heterocycles. The predicted octanol–water partition coefficient (Wildman–Crippen LogP) is 3.46. The Morgan fingerprint density at radius 3 is 1.40 bits per heavy atom. The van der Waals surface area contributed by atoms with Crippen LogP contribution >= 0.6 is 0 Å². The lowest BCUT2D eigenvalue weighted by molar-refractivity contribution is -0.121. The fraction of sp³-hybridized carbons (Fsp3) is 0.360. The molecule has 0 aliphatic carbocycles. The molecule has 352 valence electrons. The maximum Gasteiger partial charge on any atom is 0.291 e. The van der Waals surface area contributed by atoms with Crippen molar-refractivity contribution in [2.45, 2.75) is 50.9 Å². The fourth-order valence-corrected chi connectivity index (χ4v) is 8.79. The van der Waals surface area contributed by atoms with E-state index < -0.39 is 23.9 Å². The van der Waals surface area contributed by atoms with E-state index in [9.17, 15) is 19.2 Å². The van der Waals surface area contributed by atoms with Gasteiger partial charge >= 0.3 is 0 Å². The molecule has 0 radical (unpaired) electrons. The maximum atomic E-state index is 13.6. The minimum absolute atomic E-state index is 0.00449. The summed E-state index contributed by atoms with van der Waals surface area (Å²) in [6.07, 6.45) is 6.68. The van der Waals surface area contributed by atoms with Gasteiger partial charge in [0, 0.05) is 40.3 Å². The van der Waals surface area contributed by atoms with E-state index in [4.69, 9.17) is 9.47 Å². The smallest absolute Gasteiger partial charge is 0.291 e. The van der Waals surface area contributed by atoms with Crippen molar-refractivity contribution in [3.05, 3.63) is 144 Å². The molecule has 2 atom stereocenters. The van der Waals surface area contributed by atoms with E-state index in [1.807, 2.05) is 97.1 Å². The molecule has 9 rings (SSSR count). The second-order valence-electron chi connectivity index (χ2n) is 17.5. The highest BCUT2D eigenvalue weighted by Gasteiger charge is 2.33. The van der Waals surface area contributed by atoms with E-state index >= 15 is 0 Å². The summed E-state index contributed by atoms with van der Waals surface area (Å²) < 4.78 is 15.3.